The Morgan fingerprint density at radius 3 is 2.44 bits per heavy atom. The zero-order valence-corrected chi connectivity index (χ0v) is 19.6. The molecule has 0 spiro atoms. The van der Waals surface area contributed by atoms with Crippen molar-refractivity contribution in [3.05, 3.63) is 64.7 Å². The first kappa shape index (κ1) is 24.4. The van der Waals surface area contributed by atoms with Crippen molar-refractivity contribution in [2.45, 2.75) is 43.7 Å². The molecule has 9 heteroatoms. The highest BCUT2D eigenvalue weighted by atomic mass is 35.5. The lowest BCUT2D eigenvalue weighted by Crippen LogP contribution is -2.45. The second-order valence-corrected chi connectivity index (χ2v) is 10.2. The molecule has 1 heterocycles. The lowest BCUT2D eigenvalue weighted by Gasteiger charge is -2.32. The Kier molecular flexibility index (Phi) is 8.42. The van der Waals surface area contributed by atoms with Crippen LogP contribution in [0.25, 0.3) is 0 Å². The third-order valence-corrected chi connectivity index (χ3v) is 7.18. The maximum atomic E-state index is 12.4. The second kappa shape index (κ2) is 11.0. The number of hydrogen-bond acceptors (Lipinski definition) is 5. The highest BCUT2D eigenvalue weighted by Crippen LogP contribution is 2.16. The molecule has 0 atom stereocenters. The summed E-state index contributed by atoms with van der Waals surface area (Å²) in [6, 6.07) is 13.8. The number of Topliss-reactive ketones (excluding diaryl/α,β-unsaturated/α-hetero) is 1. The minimum absolute atomic E-state index is 0.00607. The summed E-state index contributed by atoms with van der Waals surface area (Å²) in [6.07, 6.45) is 1.75. The van der Waals surface area contributed by atoms with E-state index in [1.807, 2.05) is 24.3 Å². The lowest BCUT2D eigenvalue weighted by molar-refractivity contribution is -0.121. The fourth-order valence-corrected chi connectivity index (χ4v) is 4.85. The van der Waals surface area contributed by atoms with Gasteiger partial charge in [0.05, 0.1) is 4.90 Å². The number of hydrogen-bond donors (Lipinski definition) is 2. The number of rotatable bonds is 9. The minimum Gasteiger partial charge on any atom is -0.353 e. The summed E-state index contributed by atoms with van der Waals surface area (Å²) in [6.45, 7) is 3.99. The number of likely N-dealkylation sites (tertiary alicyclic amines) is 1. The molecule has 1 aliphatic heterocycles. The first-order valence-electron chi connectivity index (χ1n) is 10.6. The average Bonchev–Trinajstić information content (AvgIpc) is 2.76. The molecule has 0 bridgehead atoms. The molecule has 3 rings (SSSR count). The van der Waals surface area contributed by atoms with E-state index in [0.717, 1.165) is 37.5 Å². The van der Waals surface area contributed by atoms with E-state index in [4.69, 9.17) is 11.6 Å². The SMILES string of the molecule is CC(=O)c1cccc(S(=O)(=O)NCCC(=O)NC2CCN(Cc3ccc(Cl)cc3)CC2)c1. The predicted molar refractivity (Wildman–Crippen MR) is 124 cm³/mol. The van der Waals surface area contributed by atoms with E-state index >= 15 is 0 Å². The highest BCUT2D eigenvalue weighted by molar-refractivity contribution is 7.89. The van der Waals surface area contributed by atoms with Gasteiger partial charge < -0.3 is 5.32 Å². The average molecular weight is 478 g/mol. The number of benzene rings is 2. The number of ketones is 1. The summed E-state index contributed by atoms with van der Waals surface area (Å²) in [5.41, 5.74) is 1.53. The van der Waals surface area contributed by atoms with E-state index in [-0.39, 0.29) is 35.6 Å². The Hall–Kier alpha value is -2.26. The normalized spacial score (nSPS) is 15.4. The van der Waals surface area contributed by atoms with E-state index in [0.29, 0.717) is 5.56 Å². The van der Waals surface area contributed by atoms with Crippen LogP contribution in [0.4, 0.5) is 0 Å². The molecule has 0 saturated carbocycles. The largest absolute Gasteiger partial charge is 0.353 e. The van der Waals surface area contributed by atoms with Crippen LogP contribution in [0.2, 0.25) is 5.02 Å². The van der Waals surface area contributed by atoms with Crippen LogP contribution in [0, 0.1) is 0 Å². The Labute approximate surface area is 194 Å². The quantitative estimate of drug-likeness (QED) is 0.541. The number of sulfonamides is 1. The molecular weight excluding hydrogens is 450 g/mol. The van der Waals surface area contributed by atoms with Crippen LogP contribution < -0.4 is 10.0 Å². The van der Waals surface area contributed by atoms with Crippen molar-refractivity contribution in [1.82, 2.24) is 14.9 Å². The molecule has 0 aliphatic carbocycles. The van der Waals surface area contributed by atoms with Gasteiger partial charge in [0.25, 0.3) is 0 Å². The van der Waals surface area contributed by atoms with Crippen molar-refractivity contribution < 1.29 is 18.0 Å². The molecular formula is C23H28ClN3O4S. The first-order valence-corrected chi connectivity index (χ1v) is 12.5. The number of piperidine rings is 1. The smallest absolute Gasteiger partial charge is 0.240 e. The summed E-state index contributed by atoms with van der Waals surface area (Å²) < 4.78 is 27.3. The van der Waals surface area contributed by atoms with Gasteiger partial charge in [0.1, 0.15) is 0 Å². The van der Waals surface area contributed by atoms with Crippen LogP contribution in [0.1, 0.15) is 42.1 Å². The molecule has 172 valence electrons. The van der Waals surface area contributed by atoms with E-state index in [9.17, 15) is 18.0 Å². The van der Waals surface area contributed by atoms with Crippen LogP contribution in [0.3, 0.4) is 0 Å². The van der Waals surface area contributed by atoms with Gasteiger partial charge in [0.2, 0.25) is 15.9 Å². The Bertz CT molecular complexity index is 1050. The van der Waals surface area contributed by atoms with Crippen LogP contribution >= 0.6 is 11.6 Å². The van der Waals surface area contributed by atoms with Gasteiger partial charge in [0, 0.05) is 49.2 Å². The standard InChI is InChI=1S/C23H28ClN3O4S/c1-17(28)19-3-2-4-22(15-19)32(30,31)25-12-9-23(29)26-21-10-13-27(14-11-21)16-18-5-7-20(24)8-6-18/h2-8,15,21,25H,9-14,16H2,1H3,(H,26,29). The molecule has 1 amide bonds. The van der Waals surface area contributed by atoms with Crippen LogP contribution in [0.5, 0.6) is 0 Å². The van der Waals surface area contributed by atoms with Gasteiger partial charge in [-0.1, -0.05) is 35.9 Å². The zero-order valence-electron chi connectivity index (χ0n) is 18.0. The van der Waals surface area contributed by atoms with E-state index < -0.39 is 10.0 Å². The van der Waals surface area contributed by atoms with Crippen LogP contribution in [-0.4, -0.2) is 50.7 Å². The summed E-state index contributed by atoms with van der Waals surface area (Å²) in [5, 5.41) is 3.72. The van der Waals surface area contributed by atoms with Crippen molar-refractivity contribution in [1.29, 1.82) is 0 Å². The molecule has 7 nitrogen and oxygen atoms in total. The fourth-order valence-electron chi connectivity index (χ4n) is 3.65. The topological polar surface area (TPSA) is 95.6 Å². The third-order valence-electron chi connectivity index (χ3n) is 5.47. The molecule has 1 fully saturated rings. The van der Waals surface area contributed by atoms with E-state index in [2.05, 4.69) is 14.9 Å². The van der Waals surface area contributed by atoms with Crippen molar-refractivity contribution in [2.75, 3.05) is 19.6 Å². The molecule has 0 aromatic heterocycles. The van der Waals surface area contributed by atoms with Gasteiger partial charge in [-0.3, -0.25) is 14.5 Å². The zero-order chi connectivity index (χ0) is 23.1. The summed E-state index contributed by atoms with van der Waals surface area (Å²) in [4.78, 5) is 26.1. The van der Waals surface area contributed by atoms with Gasteiger partial charge in [-0.2, -0.15) is 0 Å². The number of carbonyl (C=O) groups is 2. The van der Waals surface area contributed by atoms with Crippen molar-refractivity contribution in [3.8, 4) is 0 Å². The molecule has 2 aromatic rings. The van der Waals surface area contributed by atoms with Gasteiger partial charge >= 0.3 is 0 Å². The first-order chi connectivity index (χ1) is 15.2. The Morgan fingerprint density at radius 1 is 1.09 bits per heavy atom. The number of amides is 1. The maximum absolute atomic E-state index is 12.4. The lowest BCUT2D eigenvalue weighted by atomic mass is 10.0. The monoisotopic (exact) mass is 477 g/mol. The Morgan fingerprint density at radius 2 is 1.78 bits per heavy atom. The van der Waals surface area contributed by atoms with Crippen LogP contribution in [-0.2, 0) is 21.4 Å². The molecule has 0 unspecified atom stereocenters. The number of halogens is 1. The van der Waals surface area contributed by atoms with E-state index in [1.165, 1.54) is 30.7 Å². The molecule has 2 N–H and O–H groups in total. The van der Waals surface area contributed by atoms with E-state index in [1.54, 1.807) is 6.07 Å². The van der Waals surface area contributed by atoms with Crippen LogP contribution in [0.15, 0.2) is 53.4 Å². The van der Waals surface area contributed by atoms with Crippen molar-refractivity contribution >= 4 is 33.3 Å². The van der Waals surface area contributed by atoms with Crippen molar-refractivity contribution in [2.24, 2.45) is 0 Å². The van der Waals surface area contributed by atoms with Gasteiger partial charge in [0.15, 0.2) is 5.78 Å². The van der Waals surface area contributed by atoms with Gasteiger partial charge in [-0.05, 0) is 49.6 Å². The fraction of sp³-hybridized carbons (Fsp3) is 0.391. The molecule has 1 saturated heterocycles. The second-order valence-electron chi connectivity index (χ2n) is 7.98. The number of nitrogens with zero attached hydrogens (tertiary/aromatic N) is 1. The molecule has 32 heavy (non-hydrogen) atoms. The summed E-state index contributed by atoms with van der Waals surface area (Å²) >= 11 is 5.93. The highest BCUT2D eigenvalue weighted by Gasteiger charge is 2.21. The molecule has 1 aliphatic rings. The predicted octanol–water partition coefficient (Wildman–Crippen LogP) is 2.99. The minimum atomic E-state index is -3.78. The molecule has 0 radical (unpaired) electrons. The Balaban J connectivity index is 1.39. The van der Waals surface area contributed by atoms with Gasteiger partial charge in [-0.25, -0.2) is 13.1 Å². The maximum Gasteiger partial charge on any atom is 0.240 e. The third kappa shape index (κ3) is 7.13. The summed E-state index contributed by atoms with van der Waals surface area (Å²) in [5.74, 6) is -0.387. The van der Waals surface area contributed by atoms with Crippen molar-refractivity contribution in [3.63, 3.8) is 0 Å². The number of nitrogens with one attached hydrogen (secondary N) is 2. The summed E-state index contributed by atoms with van der Waals surface area (Å²) in [7, 11) is -3.78. The number of carbonyl (C=O) groups excluding carboxylic acids is 2. The van der Waals surface area contributed by atoms with Gasteiger partial charge in [-0.15, -0.1) is 0 Å². The molecule has 2 aromatic carbocycles.